The summed E-state index contributed by atoms with van der Waals surface area (Å²) in [5.41, 5.74) is 0.590. The van der Waals surface area contributed by atoms with Crippen molar-refractivity contribution in [3.63, 3.8) is 0 Å². The van der Waals surface area contributed by atoms with Crippen molar-refractivity contribution in [1.29, 1.82) is 0 Å². The fraction of sp³-hybridized carbons (Fsp3) is 0.727. The van der Waals surface area contributed by atoms with Gasteiger partial charge in [-0.3, -0.25) is 5.10 Å². The summed E-state index contributed by atoms with van der Waals surface area (Å²) in [7, 11) is -1.63. The Balaban J connectivity index is 1.99. The van der Waals surface area contributed by atoms with Crippen LogP contribution in [0, 0.1) is 6.92 Å². The number of rotatable bonds is 7. The molecule has 0 radical (unpaired) electrons. The second-order valence-corrected chi connectivity index (χ2v) is 6.60. The normalized spacial score (nSPS) is 16.2. The largest absolute Gasteiger partial charge is 0.390 e. The zero-order valence-corrected chi connectivity index (χ0v) is 12.0. The first-order valence-electron chi connectivity index (χ1n) is 6.30. The van der Waals surface area contributed by atoms with Gasteiger partial charge in [-0.15, -0.1) is 0 Å². The summed E-state index contributed by atoms with van der Waals surface area (Å²) in [4.78, 5) is 2.21. The average Bonchev–Trinajstić information content (AvgIpc) is 3.12. The van der Waals surface area contributed by atoms with Crippen molar-refractivity contribution >= 4 is 10.0 Å². The van der Waals surface area contributed by atoms with E-state index in [-0.39, 0.29) is 10.6 Å². The molecule has 1 aromatic rings. The molecular weight excluding hydrogens is 268 g/mol. The van der Waals surface area contributed by atoms with E-state index in [0.717, 1.165) is 0 Å². The van der Waals surface area contributed by atoms with Crippen LogP contribution in [0.3, 0.4) is 0 Å². The number of hydrogen-bond donors (Lipinski definition) is 3. The van der Waals surface area contributed by atoms with Crippen molar-refractivity contribution in [2.24, 2.45) is 0 Å². The minimum absolute atomic E-state index is 0.0593. The molecular formula is C11H20N4O3S. The Morgan fingerprint density at radius 1 is 1.53 bits per heavy atom. The van der Waals surface area contributed by atoms with E-state index in [0.29, 0.717) is 24.8 Å². The van der Waals surface area contributed by atoms with Crippen LogP contribution in [0.5, 0.6) is 0 Å². The maximum absolute atomic E-state index is 12.2. The Labute approximate surface area is 113 Å². The molecule has 7 nitrogen and oxygen atoms in total. The van der Waals surface area contributed by atoms with Crippen LogP contribution in [0.2, 0.25) is 0 Å². The third-order valence-corrected chi connectivity index (χ3v) is 4.97. The predicted octanol–water partition coefficient (Wildman–Crippen LogP) is -0.417. The van der Waals surface area contributed by atoms with Crippen molar-refractivity contribution in [3.8, 4) is 0 Å². The predicted molar refractivity (Wildman–Crippen MR) is 70.1 cm³/mol. The van der Waals surface area contributed by atoms with E-state index in [1.54, 1.807) is 6.92 Å². The first-order valence-corrected chi connectivity index (χ1v) is 7.78. The zero-order valence-electron chi connectivity index (χ0n) is 11.2. The van der Waals surface area contributed by atoms with Gasteiger partial charge in [-0.05, 0) is 26.8 Å². The van der Waals surface area contributed by atoms with Crippen molar-refractivity contribution in [1.82, 2.24) is 19.8 Å². The third-order valence-electron chi connectivity index (χ3n) is 3.31. The summed E-state index contributed by atoms with van der Waals surface area (Å²) in [5.74, 6) is 0. The van der Waals surface area contributed by atoms with E-state index in [1.165, 1.54) is 12.8 Å². The lowest BCUT2D eigenvalue weighted by Gasteiger charge is -2.15. The summed E-state index contributed by atoms with van der Waals surface area (Å²) >= 11 is 0. The van der Waals surface area contributed by atoms with Gasteiger partial charge in [0, 0.05) is 19.1 Å². The molecule has 0 unspecified atom stereocenters. The molecule has 1 heterocycles. The number of nitrogens with zero attached hydrogens (tertiary/aromatic N) is 2. The lowest BCUT2D eigenvalue weighted by molar-refractivity contribution is 0.273. The molecule has 108 valence electrons. The molecule has 0 saturated heterocycles. The SMILES string of the molecule is Cc1[nH]nc(CO)c1S(=O)(=O)NCCN(C)C1CC1. The molecule has 2 rings (SSSR count). The highest BCUT2D eigenvalue weighted by Gasteiger charge is 2.27. The molecule has 1 fully saturated rings. The standard InChI is InChI=1S/C11H20N4O3S/c1-8-11(10(7-16)14-13-8)19(17,18)12-5-6-15(2)9-3-4-9/h9,12,16H,3-7H2,1-2H3,(H,13,14). The van der Waals surface area contributed by atoms with Crippen LogP contribution in [0.1, 0.15) is 24.2 Å². The monoisotopic (exact) mass is 288 g/mol. The highest BCUT2D eigenvalue weighted by atomic mass is 32.2. The molecule has 0 aromatic carbocycles. The first-order chi connectivity index (χ1) is 8.95. The molecule has 19 heavy (non-hydrogen) atoms. The Morgan fingerprint density at radius 2 is 2.21 bits per heavy atom. The van der Waals surface area contributed by atoms with Crippen LogP contribution in [0.4, 0.5) is 0 Å². The Kier molecular flexibility index (Phi) is 4.24. The molecule has 0 atom stereocenters. The molecule has 1 aliphatic carbocycles. The molecule has 3 N–H and O–H groups in total. The van der Waals surface area contributed by atoms with Gasteiger partial charge in [0.2, 0.25) is 10.0 Å². The molecule has 1 aromatic heterocycles. The number of aryl methyl sites for hydroxylation is 1. The fourth-order valence-electron chi connectivity index (χ4n) is 2.06. The smallest absolute Gasteiger partial charge is 0.244 e. The quantitative estimate of drug-likeness (QED) is 0.633. The van der Waals surface area contributed by atoms with Crippen LogP contribution in [0.25, 0.3) is 0 Å². The van der Waals surface area contributed by atoms with Crippen LogP contribution in [-0.4, -0.2) is 54.8 Å². The second kappa shape index (κ2) is 5.58. The first kappa shape index (κ1) is 14.4. The molecule has 0 spiro atoms. The van der Waals surface area contributed by atoms with Crippen LogP contribution < -0.4 is 4.72 Å². The van der Waals surface area contributed by atoms with Crippen LogP contribution in [-0.2, 0) is 16.6 Å². The van der Waals surface area contributed by atoms with Crippen LogP contribution >= 0.6 is 0 Å². The van der Waals surface area contributed by atoms with Gasteiger partial charge in [-0.25, -0.2) is 13.1 Å². The van der Waals surface area contributed by atoms with Crippen molar-refractivity contribution in [2.45, 2.75) is 37.3 Å². The van der Waals surface area contributed by atoms with Crippen molar-refractivity contribution in [3.05, 3.63) is 11.4 Å². The fourth-order valence-corrected chi connectivity index (χ4v) is 3.43. The van der Waals surface area contributed by atoms with E-state index < -0.39 is 16.6 Å². The molecule has 1 aliphatic rings. The summed E-state index contributed by atoms with van der Waals surface area (Å²) in [5, 5.41) is 15.5. The number of aliphatic hydroxyl groups excluding tert-OH is 1. The number of likely N-dealkylation sites (N-methyl/N-ethyl adjacent to an activating group) is 1. The molecule has 0 aliphatic heterocycles. The number of H-pyrrole nitrogens is 1. The van der Waals surface area contributed by atoms with Gasteiger partial charge in [0.1, 0.15) is 10.6 Å². The molecule has 1 saturated carbocycles. The van der Waals surface area contributed by atoms with E-state index in [9.17, 15) is 8.42 Å². The van der Waals surface area contributed by atoms with Gasteiger partial charge < -0.3 is 10.0 Å². The Morgan fingerprint density at radius 3 is 2.79 bits per heavy atom. The number of nitrogens with one attached hydrogen (secondary N) is 2. The number of aromatic nitrogens is 2. The average molecular weight is 288 g/mol. The van der Waals surface area contributed by atoms with E-state index in [1.807, 2.05) is 7.05 Å². The van der Waals surface area contributed by atoms with Crippen LogP contribution in [0.15, 0.2) is 4.90 Å². The van der Waals surface area contributed by atoms with E-state index >= 15 is 0 Å². The minimum atomic E-state index is -3.62. The van der Waals surface area contributed by atoms with Gasteiger partial charge >= 0.3 is 0 Å². The number of aliphatic hydroxyl groups is 1. The third kappa shape index (κ3) is 3.33. The minimum Gasteiger partial charge on any atom is -0.390 e. The van der Waals surface area contributed by atoms with Gasteiger partial charge in [0.15, 0.2) is 0 Å². The Hall–Kier alpha value is -0.960. The zero-order chi connectivity index (χ0) is 14.0. The summed E-state index contributed by atoms with van der Waals surface area (Å²) in [6, 6.07) is 0.605. The van der Waals surface area contributed by atoms with Gasteiger partial charge in [0.05, 0.1) is 12.3 Å². The lowest BCUT2D eigenvalue weighted by atomic mass is 10.4. The van der Waals surface area contributed by atoms with Crippen molar-refractivity contribution < 1.29 is 13.5 Å². The number of hydrogen-bond acceptors (Lipinski definition) is 5. The van der Waals surface area contributed by atoms with Gasteiger partial charge in [0.25, 0.3) is 0 Å². The summed E-state index contributed by atoms with van der Waals surface area (Å²) < 4.78 is 26.9. The van der Waals surface area contributed by atoms with E-state index in [4.69, 9.17) is 5.11 Å². The maximum Gasteiger partial charge on any atom is 0.244 e. The Bertz CT molecular complexity index is 536. The number of sulfonamides is 1. The number of aromatic amines is 1. The summed E-state index contributed by atoms with van der Waals surface area (Å²) in [6.07, 6.45) is 2.39. The van der Waals surface area contributed by atoms with Gasteiger partial charge in [-0.1, -0.05) is 0 Å². The maximum atomic E-state index is 12.2. The van der Waals surface area contributed by atoms with Gasteiger partial charge in [-0.2, -0.15) is 5.10 Å². The molecule has 0 bridgehead atoms. The topological polar surface area (TPSA) is 98.3 Å². The lowest BCUT2D eigenvalue weighted by Crippen LogP contribution is -2.34. The van der Waals surface area contributed by atoms with E-state index in [2.05, 4.69) is 19.8 Å². The molecule has 0 amide bonds. The second-order valence-electron chi connectivity index (χ2n) is 4.89. The van der Waals surface area contributed by atoms with Crippen molar-refractivity contribution in [2.75, 3.05) is 20.1 Å². The highest BCUT2D eigenvalue weighted by molar-refractivity contribution is 7.89. The molecule has 8 heteroatoms. The highest BCUT2D eigenvalue weighted by Crippen LogP contribution is 2.24. The summed E-state index contributed by atoms with van der Waals surface area (Å²) in [6.45, 7) is 2.25.